The molecule has 39 heavy (non-hydrogen) atoms. The summed E-state index contributed by atoms with van der Waals surface area (Å²) in [5.41, 5.74) is 6.97. The third-order valence-electron chi connectivity index (χ3n) is 8.42. The highest BCUT2D eigenvalue weighted by molar-refractivity contribution is 7.26. The van der Waals surface area contributed by atoms with E-state index in [1.807, 2.05) is 28.9 Å². The van der Waals surface area contributed by atoms with Gasteiger partial charge in [0.25, 0.3) is 0 Å². The highest BCUT2D eigenvalue weighted by Crippen LogP contribution is 2.56. The summed E-state index contributed by atoms with van der Waals surface area (Å²) in [5.74, 6) is 0. The molecule has 0 N–H and O–H groups in total. The van der Waals surface area contributed by atoms with Crippen molar-refractivity contribution in [2.45, 2.75) is 5.41 Å². The average molecular weight is 532 g/mol. The van der Waals surface area contributed by atoms with Crippen LogP contribution in [-0.4, -0.2) is 4.98 Å². The Morgan fingerprint density at radius 1 is 0.462 bits per heavy atom. The lowest BCUT2D eigenvalue weighted by molar-refractivity contribution is 0.769. The molecule has 0 unspecified atom stereocenters. The molecule has 3 heterocycles. The minimum atomic E-state index is -0.464. The highest BCUT2D eigenvalue weighted by atomic mass is 32.1. The summed E-state index contributed by atoms with van der Waals surface area (Å²) < 4.78 is 5.32. The lowest BCUT2D eigenvalue weighted by atomic mass is 9.67. The average Bonchev–Trinajstić information content (AvgIpc) is 3.65. The van der Waals surface area contributed by atoms with Crippen molar-refractivity contribution in [2.75, 3.05) is 0 Å². The molecule has 3 aromatic heterocycles. The van der Waals surface area contributed by atoms with Crippen molar-refractivity contribution in [1.82, 2.24) is 4.98 Å². The second-order valence-corrected chi connectivity index (χ2v) is 12.5. The molecule has 9 rings (SSSR count). The third-order valence-corrected chi connectivity index (χ3v) is 10.7. The molecule has 1 nitrogen and oxygen atoms in total. The van der Waals surface area contributed by atoms with E-state index >= 15 is 0 Å². The van der Waals surface area contributed by atoms with Gasteiger partial charge < -0.3 is 0 Å². The Balaban J connectivity index is 1.45. The van der Waals surface area contributed by atoms with Crippen molar-refractivity contribution in [1.29, 1.82) is 0 Å². The predicted molar refractivity (Wildman–Crippen MR) is 167 cm³/mol. The van der Waals surface area contributed by atoms with Crippen molar-refractivity contribution in [3.05, 3.63) is 150 Å². The summed E-state index contributed by atoms with van der Waals surface area (Å²) in [4.78, 5) is 4.96. The number of benzene rings is 5. The van der Waals surface area contributed by atoms with Gasteiger partial charge in [-0.2, -0.15) is 0 Å². The summed E-state index contributed by atoms with van der Waals surface area (Å²) in [6, 6.07) is 45.0. The SMILES string of the molecule is c1ccc2c(c1)-c1ncccc1C2(c1ccc2sc3ccccc3c2c1)c1ccc2sc3ccccc3c2c1. The van der Waals surface area contributed by atoms with Gasteiger partial charge in [0.2, 0.25) is 0 Å². The van der Waals surface area contributed by atoms with Crippen LogP contribution in [0.15, 0.2) is 128 Å². The number of pyridine rings is 1. The van der Waals surface area contributed by atoms with Gasteiger partial charge in [0.1, 0.15) is 0 Å². The smallest absolute Gasteiger partial charge is 0.0753 e. The molecule has 0 atom stereocenters. The van der Waals surface area contributed by atoms with E-state index in [1.165, 1.54) is 68.2 Å². The molecule has 182 valence electrons. The first-order chi connectivity index (χ1) is 19.3. The van der Waals surface area contributed by atoms with Crippen LogP contribution >= 0.6 is 22.7 Å². The Bertz CT molecular complexity index is 2090. The highest BCUT2D eigenvalue weighted by Gasteiger charge is 2.47. The summed E-state index contributed by atoms with van der Waals surface area (Å²) in [6.07, 6.45) is 1.93. The zero-order chi connectivity index (χ0) is 25.6. The lowest BCUT2D eigenvalue weighted by Gasteiger charge is -2.33. The minimum absolute atomic E-state index is 0.464. The zero-order valence-electron chi connectivity index (χ0n) is 20.9. The molecule has 0 radical (unpaired) electrons. The molecule has 8 aromatic rings. The molecule has 1 aliphatic rings. The molecular weight excluding hydrogens is 511 g/mol. The standard InChI is InChI=1S/C36H21NS2/c1-4-11-29-26(10-1)35-30(12-7-19-37-35)36(29,22-15-17-33-27(20-22)24-8-2-5-13-31(24)38-33)23-16-18-34-28(21-23)25-9-3-6-14-32(25)39-34/h1-21H. The Morgan fingerprint density at radius 3 is 1.67 bits per heavy atom. The topological polar surface area (TPSA) is 12.9 Å². The molecule has 0 amide bonds. The van der Waals surface area contributed by atoms with E-state index in [0.29, 0.717) is 0 Å². The normalized spacial score (nSPS) is 13.8. The fourth-order valence-corrected chi connectivity index (χ4v) is 8.96. The van der Waals surface area contributed by atoms with Gasteiger partial charge in [0, 0.05) is 52.1 Å². The van der Waals surface area contributed by atoms with Crippen LogP contribution in [0.1, 0.15) is 22.3 Å². The lowest BCUT2D eigenvalue weighted by Crippen LogP contribution is -2.28. The van der Waals surface area contributed by atoms with Crippen LogP contribution in [0.25, 0.3) is 51.6 Å². The van der Waals surface area contributed by atoms with Crippen molar-refractivity contribution < 1.29 is 0 Å². The van der Waals surface area contributed by atoms with Gasteiger partial charge in [-0.1, -0.05) is 78.9 Å². The number of rotatable bonds is 2. The Morgan fingerprint density at radius 2 is 1.00 bits per heavy atom. The first kappa shape index (κ1) is 21.6. The van der Waals surface area contributed by atoms with Gasteiger partial charge in [-0.15, -0.1) is 22.7 Å². The zero-order valence-corrected chi connectivity index (χ0v) is 22.5. The van der Waals surface area contributed by atoms with Crippen LogP contribution in [-0.2, 0) is 5.41 Å². The van der Waals surface area contributed by atoms with Crippen molar-refractivity contribution in [2.24, 2.45) is 0 Å². The Kier molecular flexibility index (Phi) is 4.35. The van der Waals surface area contributed by atoms with Gasteiger partial charge in [-0.3, -0.25) is 4.98 Å². The van der Waals surface area contributed by atoms with E-state index in [9.17, 15) is 0 Å². The molecule has 0 bridgehead atoms. The van der Waals surface area contributed by atoms with Crippen LogP contribution in [0.5, 0.6) is 0 Å². The maximum atomic E-state index is 4.96. The summed E-state index contributed by atoms with van der Waals surface area (Å²) in [5, 5.41) is 5.30. The molecule has 0 spiro atoms. The molecule has 0 saturated heterocycles. The summed E-state index contributed by atoms with van der Waals surface area (Å²) in [6.45, 7) is 0. The second-order valence-electron chi connectivity index (χ2n) is 10.3. The quantitative estimate of drug-likeness (QED) is 0.216. The van der Waals surface area contributed by atoms with Crippen LogP contribution in [0.2, 0.25) is 0 Å². The number of fused-ring (bicyclic) bond motifs is 9. The van der Waals surface area contributed by atoms with E-state index in [1.54, 1.807) is 0 Å². The fraction of sp³-hybridized carbons (Fsp3) is 0.0278. The fourth-order valence-electron chi connectivity index (χ4n) is 6.79. The molecule has 1 aliphatic carbocycles. The first-order valence-electron chi connectivity index (χ1n) is 13.2. The molecule has 0 saturated carbocycles. The van der Waals surface area contributed by atoms with E-state index in [2.05, 4.69) is 121 Å². The van der Waals surface area contributed by atoms with Gasteiger partial charge in [0.05, 0.1) is 11.1 Å². The molecule has 0 fully saturated rings. The van der Waals surface area contributed by atoms with Gasteiger partial charge in [-0.25, -0.2) is 0 Å². The maximum absolute atomic E-state index is 4.96. The van der Waals surface area contributed by atoms with Crippen LogP contribution in [0.3, 0.4) is 0 Å². The maximum Gasteiger partial charge on any atom is 0.0753 e. The molecule has 3 heteroatoms. The number of thiophene rings is 2. The second kappa shape index (κ2) is 7.86. The minimum Gasteiger partial charge on any atom is -0.256 e. The van der Waals surface area contributed by atoms with Crippen LogP contribution in [0.4, 0.5) is 0 Å². The number of nitrogens with zero attached hydrogens (tertiary/aromatic N) is 1. The van der Waals surface area contributed by atoms with Crippen LogP contribution < -0.4 is 0 Å². The van der Waals surface area contributed by atoms with Gasteiger partial charge in [0.15, 0.2) is 0 Å². The number of aromatic nitrogens is 1. The predicted octanol–water partition coefficient (Wildman–Crippen LogP) is 10.2. The van der Waals surface area contributed by atoms with Crippen LogP contribution in [0, 0.1) is 0 Å². The van der Waals surface area contributed by atoms with E-state index in [-0.39, 0.29) is 0 Å². The van der Waals surface area contributed by atoms with E-state index < -0.39 is 5.41 Å². The van der Waals surface area contributed by atoms with Crippen molar-refractivity contribution in [3.63, 3.8) is 0 Å². The van der Waals surface area contributed by atoms with E-state index in [0.717, 1.165) is 5.69 Å². The van der Waals surface area contributed by atoms with Gasteiger partial charge in [-0.05, 0) is 64.7 Å². The van der Waals surface area contributed by atoms with Gasteiger partial charge >= 0.3 is 0 Å². The first-order valence-corrected chi connectivity index (χ1v) is 14.8. The number of hydrogen-bond acceptors (Lipinski definition) is 3. The third kappa shape index (κ3) is 2.81. The summed E-state index contributed by atoms with van der Waals surface area (Å²) >= 11 is 3.74. The molecule has 0 aliphatic heterocycles. The van der Waals surface area contributed by atoms with Crippen molar-refractivity contribution in [3.8, 4) is 11.3 Å². The molecular formula is C36H21NS2. The Labute approximate surface area is 233 Å². The largest absolute Gasteiger partial charge is 0.256 e. The van der Waals surface area contributed by atoms with E-state index in [4.69, 9.17) is 4.98 Å². The van der Waals surface area contributed by atoms with Crippen molar-refractivity contribution >= 4 is 63.0 Å². The number of hydrogen-bond donors (Lipinski definition) is 0. The Hall–Kier alpha value is -4.31. The molecule has 5 aromatic carbocycles. The summed E-state index contributed by atoms with van der Waals surface area (Å²) in [7, 11) is 0. The monoisotopic (exact) mass is 531 g/mol.